The number of aliphatic hydroxyl groups excluding tert-OH is 1. The molecule has 1 saturated heterocycles. The molecule has 0 aromatic rings. The van der Waals surface area contributed by atoms with Gasteiger partial charge in [-0.15, -0.1) is 0 Å². The van der Waals surface area contributed by atoms with Gasteiger partial charge in [0.15, 0.2) is 0 Å². The van der Waals surface area contributed by atoms with E-state index in [4.69, 9.17) is 0 Å². The Labute approximate surface area is 97.7 Å². The van der Waals surface area contributed by atoms with Crippen molar-refractivity contribution in [2.75, 3.05) is 6.54 Å². The van der Waals surface area contributed by atoms with Gasteiger partial charge in [0.25, 0.3) is 0 Å². The quantitative estimate of drug-likeness (QED) is 0.795. The molecule has 1 N–H and O–H groups in total. The van der Waals surface area contributed by atoms with E-state index in [1.54, 1.807) is 0 Å². The lowest BCUT2D eigenvalue weighted by Crippen LogP contribution is -2.50. The molecule has 1 aliphatic heterocycles. The second kappa shape index (κ2) is 3.96. The number of nitrogens with zero attached hydrogens (tertiary/aromatic N) is 1. The summed E-state index contributed by atoms with van der Waals surface area (Å²) in [6, 6.07) is 0. The highest BCUT2D eigenvalue weighted by molar-refractivity contribution is 7.89. The maximum absolute atomic E-state index is 12.4. The molecule has 0 aromatic heterocycles. The molecule has 2 fully saturated rings. The summed E-state index contributed by atoms with van der Waals surface area (Å²) in [5, 5.41) is 9.62. The Morgan fingerprint density at radius 1 is 1.19 bits per heavy atom. The molecule has 1 unspecified atom stereocenters. The predicted octanol–water partition coefficient (Wildman–Crippen LogP) is 1.10. The largest absolute Gasteiger partial charge is 0.391 e. The third kappa shape index (κ3) is 1.79. The van der Waals surface area contributed by atoms with Crippen molar-refractivity contribution in [2.24, 2.45) is 0 Å². The third-order valence-electron chi connectivity index (χ3n) is 4.09. The van der Waals surface area contributed by atoms with Crippen LogP contribution in [0, 0.1) is 0 Å². The number of sulfonamides is 1. The van der Waals surface area contributed by atoms with Gasteiger partial charge >= 0.3 is 0 Å². The molecule has 1 aliphatic carbocycles. The van der Waals surface area contributed by atoms with E-state index in [1.807, 2.05) is 13.8 Å². The molecule has 5 heteroatoms. The van der Waals surface area contributed by atoms with Gasteiger partial charge < -0.3 is 5.11 Å². The lowest BCUT2D eigenvalue weighted by molar-refractivity contribution is 0.0897. The minimum atomic E-state index is -3.21. The highest BCUT2D eigenvalue weighted by atomic mass is 32.2. The van der Waals surface area contributed by atoms with Crippen LogP contribution in [-0.2, 0) is 10.0 Å². The van der Waals surface area contributed by atoms with Gasteiger partial charge in [0.1, 0.15) is 0 Å². The summed E-state index contributed by atoms with van der Waals surface area (Å²) in [5.41, 5.74) is -0.637. The van der Waals surface area contributed by atoms with Gasteiger partial charge in [-0.25, -0.2) is 8.42 Å². The molecule has 0 spiro atoms. The zero-order valence-corrected chi connectivity index (χ0v) is 10.8. The van der Waals surface area contributed by atoms with Crippen LogP contribution in [0.5, 0.6) is 0 Å². The number of rotatable bonds is 2. The minimum Gasteiger partial charge on any atom is -0.391 e. The average Bonchev–Trinajstić information content (AvgIpc) is 2.76. The maximum Gasteiger partial charge on any atom is 0.217 e. The smallest absolute Gasteiger partial charge is 0.217 e. The summed E-state index contributed by atoms with van der Waals surface area (Å²) >= 11 is 0. The Morgan fingerprint density at radius 2 is 1.75 bits per heavy atom. The SMILES string of the molecule is CC1(C)C(O)CCN1S(=O)(=O)C1CCCC1. The summed E-state index contributed by atoms with van der Waals surface area (Å²) in [6.45, 7) is 4.10. The van der Waals surface area contributed by atoms with E-state index in [0.29, 0.717) is 13.0 Å². The van der Waals surface area contributed by atoms with Crippen molar-refractivity contribution in [3.8, 4) is 0 Å². The molecular formula is C11H21NO3S. The molecule has 2 rings (SSSR count). The number of hydrogen-bond donors (Lipinski definition) is 1. The fourth-order valence-electron chi connectivity index (χ4n) is 2.87. The summed E-state index contributed by atoms with van der Waals surface area (Å²) in [6.07, 6.45) is 3.61. The van der Waals surface area contributed by atoms with Gasteiger partial charge in [0.2, 0.25) is 10.0 Å². The number of aliphatic hydroxyl groups is 1. The molecule has 1 saturated carbocycles. The van der Waals surface area contributed by atoms with E-state index in [1.165, 1.54) is 4.31 Å². The van der Waals surface area contributed by atoms with Crippen LogP contribution >= 0.6 is 0 Å². The minimum absolute atomic E-state index is 0.211. The van der Waals surface area contributed by atoms with Crippen molar-refractivity contribution in [1.82, 2.24) is 4.31 Å². The predicted molar refractivity (Wildman–Crippen MR) is 62.6 cm³/mol. The van der Waals surface area contributed by atoms with Gasteiger partial charge in [0, 0.05) is 6.54 Å². The van der Waals surface area contributed by atoms with Crippen LogP contribution in [0.25, 0.3) is 0 Å². The average molecular weight is 247 g/mol. The Bertz CT molecular complexity index is 357. The van der Waals surface area contributed by atoms with Gasteiger partial charge in [0.05, 0.1) is 16.9 Å². The first kappa shape index (κ1) is 12.3. The fourth-order valence-corrected chi connectivity index (χ4v) is 5.29. The van der Waals surface area contributed by atoms with Crippen LogP contribution in [-0.4, -0.2) is 41.3 Å². The second-order valence-electron chi connectivity index (χ2n) is 5.48. The molecule has 1 atom stereocenters. The highest BCUT2D eigenvalue weighted by Crippen LogP contribution is 2.36. The highest BCUT2D eigenvalue weighted by Gasteiger charge is 2.49. The van der Waals surface area contributed by atoms with Crippen molar-refractivity contribution in [1.29, 1.82) is 0 Å². The van der Waals surface area contributed by atoms with Crippen molar-refractivity contribution in [3.05, 3.63) is 0 Å². The molecule has 0 radical (unpaired) electrons. The van der Waals surface area contributed by atoms with Crippen LogP contribution in [0.3, 0.4) is 0 Å². The molecular weight excluding hydrogens is 226 g/mol. The normalized spacial score (nSPS) is 32.3. The van der Waals surface area contributed by atoms with Crippen molar-refractivity contribution >= 4 is 10.0 Å². The topological polar surface area (TPSA) is 57.6 Å². The lowest BCUT2D eigenvalue weighted by atomic mass is 10.0. The Kier molecular flexibility index (Phi) is 3.05. The van der Waals surface area contributed by atoms with Crippen LogP contribution in [0.1, 0.15) is 46.0 Å². The van der Waals surface area contributed by atoms with Gasteiger partial charge in [-0.05, 0) is 33.1 Å². The van der Waals surface area contributed by atoms with Crippen molar-refractivity contribution in [2.45, 2.75) is 62.8 Å². The molecule has 4 nitrogen and oxygen atoms in total. The Hall–Kier alpha value is -0.130. The van der Waals surface area contributed by atoms with E-state index in [9.17, 15) is 13.5 Å². The molecule has 94 valence electrons. The zero-order valence-electron chi connectivity index (χ0n) is 10.0. The van der Waals surface area contributed by atoms with E-state index < -0.39 is 21.7 Å². The monoisotopic (exact) mass is 247 g/mol. The summed E-state index contributed by atoms with van der Waals surface area (Å²) in [7, 11) is -3.21. The maximum atomic E-state index is 12.4. The van der Waals surface area contributed by atoms with Crippen molar-refractivity contribution < 1.29 is 13.5 Å². The second-order valence-corrected chi connectivity index (χ2v) is 7.62. The first-order valence-electron chi connectivity index (χ1n) is 6.06. The molecule has 0 bridgehead atoms. The van der Waals surface area contributed by atoms with Gasteiger partial charge in [-0.1, -0.05) is 12.8 Å². The summed E-state index contributed by atoms with van der Waals surface area (Å²) in [4.78, 5) is 0. The van der Waals surface area contributed by atoms with Crippen LogP contribution in [0.15, 0.2) is 0 Å². The van der Waals surface area contributed by atoms with Crippen LogP contribution in [0.2, 0.25) is 0 Å². The Balaban J connectivity index is 2.24. The van der Waals surface area contributed by atoms with Gasteiger partial charge in [-0.2, -0.15) is 4.31 Å². The lowest BCUT2D eigenvalue weighted by Gasteiger charge is -2.34. The number of hydrogen-bond acceptors (Lipinski definition) is 3. The summed E-state index contributed by atoms with van der Waals surface area (Å²) in [5.74, 6) is 0. The zero-order chi connectivity index (χ0) is 12.0. The fraction of sp³-hybridized carbons (Fsp3) is 1.00. The first-order valence-corrected chi connectivity index (χ1v) is 7.57. The molecule has 2 aliphatic rings. The van der Waals surface area contributed by atoms with Gasteiger partial charge in [-0.3, -0.25) is 0 Å². The van der Waals surface area contributed by atoms with E-state index in [0.717, 1.165) is 25.7 Å². The van der Waals surface area contributed by atoms with E-state index in [2.05, 4.69) is 0 Å². The van der Waals surface area contributed by atoms with Crippen molar-refractivity contribution in [3.63, 3.8) is 0 Å². The Morgan fingerprint density at radius 3 is 2.19 bits per heavy atom. The van der Waals surface area contributed by atoms with E-state index >= 15 is 0 Å². The van der Waals surface area contributed by atoms with Crippen LogP contribution < -0.4 is 0 Å². The van der Waals surface area contributed by atoms with E-state index in [-0.39, 0.29) is 5.25 Å². The standard InChI is InChI=1S/C11H21NO3S/c1-11(2)10(13)7-8-12(11)16(14,15)9-5-3-4-6-9/h9-10,13H,3-8H2,1-2H3. The molecule has 0 amide bonds. The van der Waals surface area contributed by atoms with Crippen LogP contribution in [0.4, 0.5) is 0 Å². The third-order valence-corrected chi connectivity index (χ3v) is 6.68. The summed E-state index contributed by atoms with van der Waals surface area (Å²) < 4.78 is 26.4. The molecule has 0 aromatic carbocycles. The molecule has 1 heterocycles. The first-order chi connectivity index (χ1) is 7.37. The molecule has 16 heavy (non-hydrogen) atoms.